The fraction of sp³-hybridized carbons (Fsp3) is 0.455. The molecular weight excluding hydrogens is 298 g/mol. The Hall–Kier alpha value is -1.38. The van der Waals surface area contributed by atoms with E-state index in [4.69, 9.17) is 14.4 Å². The van der Waals surface area contributed by atoms with E-state index >= 15 is 0 Å². The molecule has 0 atom stereocenters. The minimum absolute atomic E-state index is 0.0612. The summed E-state index contributed by atoms with van der Waals surface area (Å²) in [4.78, 5) is 2.31. The van der Waals surface area contributed by atoms with E-state index in [0.717, 1.165) is 0 Å². The Labute approximate surface area is 119 Å². The Morgan fingerprint density at radius 1 is 1.25 bits per heavy atom. The van der Waals surface area contributed by atoms with Gasteiger partial charge in [0.2, 0.25) is 0 Å². The molecule has 0 aliphatic heterocycles. The molecule has 0 aliphatic carbocycles. The molecule has 110 valence electrons. The van der Waals surface area contributed by atoms with Crippen molar-refractivity contribution in [3.63, 3.8) is 0 Å². The lowest BCUT2D eigenvalue weighted by atomic mass is 10.4. The normalized spacial score (nSPS) is 11.9. The van der Waals surface area contributed by atoms with Gasteiger partial charge < -0.3 is 8.85 Å². The van der Waals surface area contributed by atoms with Gasteiger partial charge in [-0.25, -0.2) is 8.42 Å². The van der Waals surface area contributed by atoms with Gasteiger partial charge in [-0.1, -0.05) is 18.2 Å². The van der Waals surface area contributed by atoms with Gasteiger partial charge in [0.1, 0.15) is 0 Å². The Kier molecular flexibility index (Phi) is 5.72. The van der Waals surface area contributed by atoms with Crippen LogP contribution in [-0.4, -0.2) is 30.2 Å². The first-order chi connectivity index (χ1) is 9.41. The van der Waals surface area contributed by atoms with Gasteiger partial charge >= 0.3 is 8.56 Å². The van der Waals surface area contributed by atoms with Crippen molar-refractivity contribution in [1.82, 2.24) is 0 Å². The molecule has 0 aliphatic rings. The Morgan fingerprint density at radius 3 is 2.30 bits per heavy atom. The second-order valence-electron chi connectivity index (χ2n) is 3.95. The summed E-state index contributed by atoms with van der Waals surface area (Å²) in [5.41, 5.74) is 8.39. The van der Waals surface area contributed by atoms with Crippen molar-refractivity contribution in [2.75, 3.05) is 13.2 Å². The molecule has 1 aromatic rings. The molecule has 0 N–H and O–H groups in total. The van der Waals surface area contributed by atoms with E-state index in [0.29, 0.717) is 18.4 Å². The molecule has 0 bridgehead atoms. The van der Waals surface area contributed by atoms with E-state index in [1.54, 1.807) is 24.7 Å². The van der Waals surface area contributed by atoms with Crippen LogP contribution in [-0.2, 0) is 18.9 Å². The second kappa shape index (κ2) is 6.87. The summed E-state index contributed by atoms with van der Waals surface area (Å²) in [5.74, 6) is 0. The zero-order valence-electron chi connectivity index (χ0n) is 11.6. The van der Waals surface area contributed by atoms with E-state index in [1.807, 2.05) is 13.8 Å². The molecule has 20 heavy (non-hydrogen) atoms. The molecule has 9 heteroatoms. The predicted molar refractivity (Wildman–Crippen MR) is 77.3 cm³/mol. The number of rotatable bonds is 7. The third-order valence-electron chi connectivity index (χ3n) is 2.64. The molecule has 0 heterocycles. The summed E-state index contributed by atoms with van der Waals surface area (Å²) in [6, 6.07) is 6.30. The third kappa shape index (κ3) is 3.59. The first-order valence-electron chi connectivity index (χ1n) is 6.10. The zero-order chi connectivity index (χ0) is 15.2. The maximum Gasteiger partial charge on any atom is 0.370 e. The highest BCUT2D eigenvalue weighted by atomic mass is 32.2. The number of hydrogen-bond acceptors (Lipinski definition) is 4. The van der Waals surface area contributed by atoms with Gasteiger partial charge in [-0.15, -0.1) is 0 Å². The lowest BCUT2D eigenvalue weighted by Gasteiger charge is -2.27. The van der Waals surface area contributed by atoms with E-state index in [1.165, 1.54) is 6.07 Å². The summed E-state index contributed by atoms with van der Waals surface area (Å²) in [6.07, 6.45) is 0. The van der Waals surface area contributed by atoms with Crippen LogP contribution in [0.1, 0.15) is 13.8 Å². The Balaban J connectivity index is 3.49. The second-order valence-corrected chi connectivity index (χ2v) is 8.51. The van der Waals surface area contributed by atoms with E-state index in [-0.39, 0.29) is 4.90 Å². The van der Waals surface area contributed by atoms with E-state index < -0.39 is 18.6 Å². The third-order valence-corrected chi connectivity index (χ3v) is 7.11. The van der Waals surface area contributed by atoms with Crippen molar-refractivity contribution in [2.45, 2.75) is 25.3 Å². The van der Waals surface area contributed by atoms with Crippen molar-refractivity contribution >= 4 is 23.8 Å². The molecule has 0 aromatic heterocycles. The number of azide groups is 1. The number of benzene rings is 1. The largest absolute Gasteiger partial charge is 0.391 e. The van der Waals surface area contributed by atoms with Crippen LogP contribution in [0.5, 0.6) is 0 Å². The topological polar surface area (TPSA) is 101 Å². The van der Waals surface area contributed by atoms with E-state index in [2.05, 4.69) is 9.43 Å². The van der Waals surface area contributed by atoms with Gasteiger partial charge in [0.25, 0.3) is 10.0 Å². The Bertz CT molecular complexity index is 608. The van der Waals surface area contributed by atoms with Gasteiger partial charge in [0.05, 0.1) is 4.90 Å². The molecule has 0 radical (unpaired) electrons. The minimum Gasteiger partial charge on any atom is -0.391 e. The van der Waals surface area contributed by atoms with Gasteiger partial charge in [-0.2, -0.15) is 0 Å². The van der Waals surface area contributed by atoms with Crippen LogP contribution in [0.25, 0.3) is 10.4 Å². The molecule has 1 rings (SSSR count). The average Bonchev–Trinajstić information content (AvgIpc) is 2.39. The highest BCUT2D eigenvalue weighted by Crippen LogP contribution is 2.17. The van der Waals surface area contributed by atoms with Crippen molar-refractivity contribution in [3.8, 4) is 0 Å². The molecular formula is C11H17N3O4SSi. The quantitative estimate of drug-likeness (QED) is 0.332. The highest BCUT2D eigenvalue weighted by Gasteiger charge is 2.38. The number of sulfonamides is 1. The lowest BCUT2D eigenvalue weighted by molar-refractivity contribution is 0.201. The molecule has 1 aromatic carbocycles. The fourth-order valence-electron chi connectivity index (χ4n) is 1.91. The van der Waals surface area contributed by atoms with Crippen LogP contribution >= 0.6 is 0 Å². The summed E-state index contributed by atoms with van der Waals surface area (Å²) in [6.45, 7) is 6.20. The van der Waals surface area contributed by atoms with Crippen LogP contribution in [0.4, 0.5) is 0 Å². The van der Waals surface area contributed by atoms with Crippen molar-refractivity contribution in [2.24, 2.45) is 4.52 Å². The average molecular weight is 315 g/mol. The van der Waals surface area contributed by atoms with Gasteiger partial charge in [-0.3, -0.25) is 0 Å². The van der Waals surface area contributed by atoms with Gasteiger partial charge in [0.15, 0.2) is 0 Å². The molecule has 0 fully saturated rings. The molecule has 0 saturated carbocycles. The van der Waals surface area contributed by atoms with Crippen molar-refractivity contribution in [3.05, 3.63) is 34.7 Å². The summed E-state index contributed by atoms with van der Waals surface area (Å²) < 4.78 is 38.3. The van der Waals surface area contributed by atoms with Crippen molar-refractivity contribution < 1.29 is 17.3 Å². The SMILES string of the molecule is CCO[Si](C)(OCC)c1ccccc1S(=O)(=O)N=[N+]=[N-]. The zero-order valence-corrected chi connectivity index (χ0v) is 13.4. The first-order valence-corrected chi connectivity index (χ1v) is 9.85. The molecule has 0 unspecified atom stereocenters. The van der Waals surface area contributed by atoms with Crippen LogP contribution < -0.4 is 5.19 Å². The van der Waals surface area contributed by atoms with Crippen LogP contribution in [0.3, 0.4) is 0 Å². The van der Waals surface area contributed by atoms with E-state index in [9.17, 15) is 8.42 Å². The van der Waals surface area contributed by atoms with Gasteiger partial charge in [-0.05, 0) is 32.0 Å². The highest BCUT2D eigenvalue weighted by molar-refractivity contribution is 7.90. The monoisotopic (exact) mass is 315 g/mol. The first kappa shape index (κ1) is 16.7. The fourth-order valence-corrected chi connectivity index (χ4v) is 6.06. The molecule has 0 amide bonds. The van der Waals surface area contributed by atoms with Crippen LogP contribution in [0.15, 0.2) is 33.7 Å². The summed E-state index contributed by atoms with van der Waals surface area (Å²) in [7, 11) is -6.95. The predicted octanol–water partition coefficient (Wildman–Crippen LogP) is 2.04. The summed E-state index contributed by atoms with van der Waals surface area (Å²) in [5, 5.41) is 0.441. The number of nitrogens with zero attached hydrogens (tertiary/aromatic N) is 3. The number of hydrogen-bond donors (Lipinski definition) is 0. The molecule has 0 spiro atoms. The smallest absolute Gasteiger partial charge is 0.370 e. The standard InChI is InChI=1S/C11H17N3O4SSi/c1-4-17-20(3,18-5-2)11-9-7-6-8-10(11)19(15,16)14-13-12/h6-9H,4-5H2,1-3H3. The summed E-state index contributed by atoms with van der Waals surface area (Å²) >= 11 is 0. The Morgan fingerprint density at radius 2 is 1.80 bits per heavy atom. The van der Waals surface area contributed by atoms with Crippen molar-refractivity contribution in [1.29, 1.82) is 0 Å². The molecule has 0 saturated heterocycles. The van der Waals surface area contributed by atoms with Crippen LogP contribution in [0, 0.1) is 0 Å². The maximum absolute atomic E-state index is 12.0. The minimum atomic E-state index is -4.08. The van der Waals surface area contributed by atoms with Gasteiger partial charge in [0, 0.05) is 27.8 Å². The molecule has 7 nitrogen and oxygen atoms in total. The van der Waals surface area contributed by atoms with Crippen LogP contribution in [0.2, 0.25) is 6.55 Å². The maximum atomic E-state index is 12.0. The lowest BCUT2D eigenvalue weighted by Crippen LogP contribution is -2.52.